The molecule has 2 aliphatic heterocycles. The van der Waals surface area contributed by atoms with E-state index >= 15 is 0 Å². The molecule has 24 heteroatoms. The summed E-state index contributed by atoms with van der Waals surface area (Å²) in [4.78, 5) is 1.25. The normalized spacial score (nSPS) is 18.0. The molecule has 4 aromatic rings. The molecule has 5 N–H and O–H groups in total. The Labute approximate surface area is 355 Å². The molecule has 60 heavy (non-hydrogen) atoms. The standard InChI is InChI=1S/C36H40N2O15S7/c1-21-17-24-31(22-18-29(54-33(21)22)59(48,49)50)37(13-9-15-56(39,40)41)27(35(24,2)3)11-7-6-8-12-28-36(4,5)25-20-26(58(45,46)47)34-23(19-30(55-34)60(51,52)53)32(25)38(28)14-10-16-57(42,43)44/h6-8,11-12,17-20H,9-10,13-16H2,1-5H3,(H4-,39,40,41,42,43,44,45,46,47,48,49,50,51,52,53)/p+1. The number of benzene rings is 2. The molecule has 17 nitrogen and oxygen atoms in total. The molecule has 0 atom stereocenters. The van der Waals surface area contributed by atoms with Gasteiger partial charge in [0.25, 0.3) is 30.4 Å². The average molecular weight is 966 g/mol. The lowest BCUT2D eigenvalue weighted by molar-refractivity contribution is -0.435. The van der Waals surface area contributed by atoms with Crippen molar-refractivity contribution in [3.8, 4) is 0 Å². The van der Waals surface area contributed by atoms with Crippen LogP contribution in [0.3, 0.4) is 0 Å². The second kappa shape index (κ2) is 15.4. The Kier molecular flexibility index (Phi) is 11.9. The summed E-state index contributed by atoms with van der Waals surface area (Å²) in [6.45, 7) is 9.20. The highest BCUT2D eigenvalue weighted by Gasteiger charge is 2.47. The first-order valence-corrected chi connectivity index (χ1v) is 27.0. The number of nitrogens with zero attached hydrogens (tertiary/aromatic N) is 2. The summed E-state index contributed by atoms with van der Waals surface area (Å²) in [6, 6.07) is 5.56. The average Bonchev–Trinajstić information content (AvgIpc) is 3.81. The Morgan fingerprint density at radius 1 is 0.667 bits per heavy atom. The Morgan fingerprint density at radius 3 is 1.80 bits per heavy atom. The number of rotatable bonds is 14. The predicted octanol–water partition coefficient (Wildman–Crippen LogP) is 5.89. The van der Waals surface area contributed by atoms with Gasteiger partial charge in [-0.15, -0.1) is 22.7 Å². The minimum atomic E-state index is -4.93. The SMILES string of the molecule is Cc1cc2c(c3cc(S(=O)(=O)O)sc13)N(CCCS(=O)(=O)O)C(=CC=CC=CC1=[N+](CCCS(=O)(=O)O)c3c(cc(S(=O)(=O)O)c4sc(S(=O)(=O)O)cc34)C1(C)C)C2(C)C. The zero-order valence-corrected chi connectivity index (χ0v) is 38.2. The van der Waals surface area contributed by atoms with Crippen LogP contribution >= 0.6 is 22.7 Å². The predicted molar refractivity (Wildman–Crippen MR) is 229 cm³/mol. The zero-order valence-electron chi connectivity index (χ0n) is 32.5. The van der Waals surface area contributed by atoms with Crippen LogP contribution in [0, 0.1) is 6.92 Å². The number of hydrogen-bond acceptors (Lipinski definition) is 13. The van der Waals surface area contributed by atoms with Gasteiger partial charge in [0.2, 0.25) is 5.69 Å². The number of allylic oxidation sites excluding steroid dienone is 6. The van der Waals surface area contributed by atoms with Crippen molar-refractivity contribution in [1.29, 1.82) is 0 Å². The molecule has 2 aromatic heterocycles. The second-order valence-electron chi connectivity index (χ2n) is 15.4. The molecule has 0 bridgehead atoms. The second-order valence-corrected chi connectivity index (χ2v) is 25.4. The first-order chi connectivity index (χ1) is 27.3. The topological polar surface area (TPSA) is 278 Å². The maximum Gasteiger partial charge on any atom is 0.304 e. The third-order valence-corrected chi connectivity index (χ3v) is 18.2. The van der Waals surface area contributed by atoms with Crippen molar-refractivity contribution in [3.05, 3.63) is 77.0 Å². The van der Waals surface area contributed by atoms with Gasteiger partial charge in [-0.05, 0) is 62.6 Å². The summed E-state index contributed by atoms with van der Waals surface area (Å²) in [5.41, 5.74) is 2.18. The first kappa shape index (κ1) is 46.1. The molecule has 0 unspecified atom stereocenters. The van der Waals surface area contributed by atoms with Crippen LogP contribution in [-0.2, 0) is 61.4 Å². The third-order valence-electron chi connectivity index (χ3n) is 10.5. The monoisotopic (exact) mass is 965 g/mol. The van der Waals surface area contributed by atoms with E-state index in [2.05, 4.69) is 0 Å². The van der Waals surface area contributed by atoms with Crippen LogP contribution in [0.15, 0.2) is 73.7 Å². The molecule has 0 spiro atoms. The van der Waals surface area contributed by atoms with E-state index in [4.69, 9.17) is 0 Å². The number of aryl methyl sites for hydroxylation is 1. The van der Waals surface area contributed by atoms with Gasteiger partial charge in [-0.3, -0.25) is 22.8 Å². The zero-order chi connectivity index (χ0) is 44.8. The summed E-state index contributed by atoms with van der Waals surface area (Å²) in [5.74, 6) is -1.18. The maximum absolute atomic E-state index is 12.6. The summed E-state index contributed by atoms with van der Waals surface area (Å²) in [7, 11) is -23.0. The molecule has 2 aromatic carbocycles. The molecule has 0 radical (unpaired) electrons. The van der Waals surface area contributed by atoms with Gasteiger partial charge in [-0.2, -0.15) is 46.7 Å². The van der Waals surface area contributed by atoms with Gasteiger partial charge in [0, 0.05) is 45.8 Å². The molecule has 0 amide bonds. The fourth-order valence-electron chi connectivity index (χ4n) is 7.87. The third kappa shape index (κ3) is 8.92. The van der Waals surface area contributed by atoms with E-state index in [1.54, 1.807) is 48.8 Å². The molecule has 4 heterocycles. The van der Waals surface area contributed by atoms with Crippen LogP contribution in [0.1, 0.15) is 57.2 Å². The first-order valence-electron chi connectivity index (χ1n) is 17.8. The van der Waals surface area contributed by atoms with E-state index in [1.807, 2.05) is 31.7 Å². The largest absolute Gasteiger partial charge is 0.343 e. The van der Waals surface area contributed by atoms with Crippen molar-refractivity contribution in [2.75, 3.05) is 29.5 Å². The number of fused-ring (bicyclic) bond motifs is 6. The van der Waals surface area contributed by atoms with Crippen LogP contribution in [0.5, 0.6) is 0 Å². The maximum atomic E-state index is 12.6. The molecule has 0 saturated heterocycles. The van der Waals surface area contributed by atoms with E-state index in [9.17, 15) is 64.9 Å². The van der Waals surface area contributed by atoms with Crippen molar-refractivity contribution in [1.82, 2.24) is 0 Å². The molecule has 0 aliphatic carbocycles. The summed E-state index contributed by atoms with van der Waals surface area (Å²) >= 11 is 1.33. The molecule has 326 valence electrons. The van der Waals surface area contributed by atoms with Crippen molar-refractivity contribution in [3.63, 3.8) is 0 Å². The van der Waals surface area contributed by atoms with Gasteiger partial charge in [-0.1, -0.05) is 38.1 Å². The Morgan fingerprint density at radius 2 is 1.23 bits per heavy atom. The van der Waals surface area contributed by atoms with Crippen LogP contribution < -0.4 is 4.90 Å². The molecule has 2 aliphatic rings. The smallest absolute Gasteiger partial charge is 0.304 e. The van der Waals surface area contributed by atoms with Gasteiger partial charge in [0.05, 0.1) is 32.7 Å². The lowest BCUT2D eigenvalue weighted by Crippen LogP contribution is -2.28. The lowest BCUT2D eigenvalue weighted by Gasteiger charge is -2.27. The summed E-state index contributed by atoms with van der Waals surface area (Å²) in [5, 5.41) is 0.584. The van der Waals surface area contributed by atoms with Crippen LogP contribution in [0.4, 0.5) is 11.4 Å². The molecular formula is C36H41N2O15S7+. The fourth-order valence-corrected chi connectivity index (χ4v) is 13.5. The van der Waals surface area contributed by atoms with E-state index in [-0.39, 0.29) is 40.2 Å². The van der Waals surface area contributed by atoms with Gasteiger partial charge in [0.1, 0.15) is 19.9 Å². The fraction of sp³-hybridized carbons (Fsp3) is 0.361. The van der Waals surface area contributed by atoms with Crippen molar-refractivity contribution >= 4 is 111 Å². The quantitative estimate of drug-likeness (QED) is 0.0560. The minimum Gasteiger partial charge on any atom is -0.343 e. The molecule has 0 fully saturated rings. The molecule has 6 rings (SSSR count). The highest BCUT2D eigenvalue weighted by Crippen LogP contribution is 2.53. The molecule has 0 saturated carbocycles. The van der Waals surface area contributed by atoms with E-state index < -0.39 is 82.0 Å². The van der Waals surface area contributed by atoms with E-state index in [0.29, 0.717) is 49.8 Å². The number of thiophene rings is 2. The van der Waals surface area contributed by atoms with Gasteiger partial charge >= 0.3 is 20.2 Å². The van der Waals surface area contributed by atoms with Gasteiger partial charge in [-0.25, -0.2) is 0 Å². The van der Waals surface area contributed by atoms with E-state index in [1.165, 1.54) is 12.1 Å². The number of anilines is 1. The minimum absolute atomic E-state index is 0.00374. The lowest BCUT2D eigenvalue weighted by atomic mass is 9.81. The van der Waals surface area contributed by atoms with Crippen molar-refractivity contribution in [2.45, 2.75) is 71.6 Å². The van der Waals surface area contributed by atoms with Crippen LogP contribution in [0.2, 0.25) is 0 Å². The van der Waals surface area contributed by atoms with Crippen molar-refractivity contribution in [2.24, 2.45) is 0 Å². The van der Waals surface area contributed by atoms with Gasteiger partial charge in [0.15, 0.2) is 5.71 Å². The number of hydrogen-bond donors (Lipinski definition) is 5. The van der Waals surface area contributed by atoms with Crippen LogP contribution in [-0.4, -0.2) is 99.7 Å². The highest BCUT2D eigenvalue weighted by atomic mass is 32.3. The highest BCUT2D eigenvalue weighted by molar-refractivity contribution is 7.89. The molecular weight excluding hydrogens is 925 g/mol. The van der Waals surface area contributed by atoms with E-state index in [0.717, 1.165) is 28.5 Å². The van der Waals surface area contributed by atoms with Crippen LogP contribution in [0.25, 0.3) is 20.2 Å². The Balaban J connectivity index is 1.47. The van der Waals surface area contributed by atoms with Gasteiger partial charge < -0.3 is 4.90 Å². The Bertz CT molecular complexity index is 3190. The Hall–Kier alpha value is -3.40. The van der Waals surface area contributed by atoms with Crippen molar-refractivity contribution < 1.29 is 69.4 Å². The summed E-state index contributed by atoms with van der Waals surface area (Å²) in [6.07, 6.45) is 8.34. The summed E-state index contributed by atoms with van der Waals surface area (Å²) < 4.78 is 171.